The molecule has 1 aliphatic rings. The van der Waals surface area contributed by atoms with Crippen LogP contribution in [0.2, 0.25) is 0 Å². The van der Waals surface area contributed by atoms with E-state index in [0.717, 1.165) is 54.0 Å². The first-order valence-corrected chi connectivity index (χ1v) is 7.80. The summed E-state index contributed by atoms with van der Waals surface area (Å²) >= 11 is 0. The van der Waals surface area contributed by atoms with Gasteiger partial charge in [-0.1, -0.05) is 12.1 Å². The second-order valence-electron chi connectivity index (χ2n) is 5.57. The number of hydrogen-bond acceptors (Lipinski definition) is 5. The smallest absolute Gasteiger partial charge is 0.119 e. The molecule has 0 amide bonds. The number of fused-ring (bicyclic) bond motifs is 1. The van der Waals surface area contributed by atoms with Crippen LogP contribution in [0.5, 0.6) is 5.75 Å². The minimum absolute atomic E-state index is 0.250. The quantitative estimate of drug-likeness (QED) is 0.743. The highest BCUT2D eigenvalue weighted by atomic mass is 16.5. The molecular formula is C18H17N3O2. The fourth-order valence-corrected chi connectivity index (χ4v) is 2.80. The summed E-state index contributed by atoms with van der Waals surface area (Å²) in [7, 11) is 0. The largest absolute Gasteiger partial charge is 0.490 e. The average molecular weight is 307 g/mol. The number of aromatic nitrogens is 3. The standard InChI is InChI=1S/C18H17N3O2/c1-3-14(23-15-5-9-22-10-6-15)4-2-13(1)16-11-19-12-17-18(16)21-8-7-20-17/h1-4,7-8,11-12,15H,5-6,9-10H2. The molecule has 0 unspecified atom stereocenters. The molecule has 5 nitrogen and oxygen atoms in total. The number of hydrogen-bond donors (Lipinski definition) is 0. The SMILES string of the molecule is c1cnc2c(-c3ccc(OC4CCOCC4)cc3)cncc2n1. The van der Waals surface area contributed by atoms with Gasteiger partial charge in [-0.3, -0.25) is 15.0 Å². The Hall–Kier alpha value is -2.53. The molecule has 0 atom stereocenters. The van der Waals surface area contributed by atoms with Gasteiger partial charge >= 0.3 is 0 Å². The number of pyridine rings is 1. The Labute approximate surface area is 134 Å². The van der Waals surface area contributed by atoms with E-state index < -0.39 is 0 Å². The molecule has 4 rings (SSSR count). The van der Waals surface area contributed by atoms with Crippen molar-refractivity contribution in [2.75, 3.05) is 13.2 Å². The van der Waals surface area contributed by atoms with E-state index >= 15 is 0 Å². The molecule has 23 heavy (non-hydrogen) atoms. The minimum Gasteiger partial charge on any atom is -0.490 e. The molecule has 2 aromatic heterocycles. The Morgan fingerprint density at radius 2 is 1.74 bits per heavy atom. The maximum absolute atomic E-state index is 6.01. The molecular weight excluding hydrogens is 290 g/mol. The molecule has 0 N–H and O–H groups in total. The predicted molar refractivity (Wildman–Crippen MR) is 87.2 cm³/mol. The lowest BCUT2D eigenvalue weighted by molar-refractivity contribution is 0.0256. The van der Waals surface area contributed by atoms with Crippen LogP contribution in [0, 0.1) is 0 Å². The summed E-state index contributed by atoms with van der Waals surface area (Å²) in [6.07, 6.45) is 9.09. The van der Waals surface area contributed by atoms with Gasteiger partial charge in [-0.05, 0) is 17.7 Å². The molecule has 0 saturated carbocycles. The Bertz CT molecular complexity index is 793. The highest BCUT2D eigenvalue weighted by Crippen LogP contribution is 2.27. The first-order valence-electron chi connectivity index (χ1n) is 7.80. The van der Waals surface area contributed by atoms with E-state index in [1.165, 1.54) is 0 Å². The third-order valence-electron chi connectivity index (χ3n) is 4.02. The van der Waals surface area contributed by atoms with Crippen molar-refractivity contribution in [2.24, 2.45) is 0 Å². The molecule has 116 valence electrons. The van der Waals surface area contributed by atoms with Crippen LogP contribution < -0.4 is 4.74 Å². The molecule has 3 heterocycles. The van der Waals surface area contributed by atoms with Crippen LogP contribution in [0.4, 0.5) is 0 Å². The summed E-state index contributed by atoms with van der Waals surface area (Å²) in [4.78, 5) is 13.0. The third kappa shape index (κ3) is 3.00. The van der Waals surface area contributed by atoms with Gasteiger partial charge in [0, 0.05) is 37.0 Å². The normalized spacial score (nSPS) is 15.7. The first-order chi connectivity index (χ1) is 11.4. The zero-order chi connectivity index (χ0) is 15.5. The van der Waals surface area contributed by atoms with Crippen molar-refractivity contribution in [1.82, 2.24) is 15.0 Å². The van der Waals surface area contributed by atoms with Gasteiger partial charge in [0.2, 0.25) is 0 Å². The van der Waals surface area contributed by atoms with E-state index in [1.54, 1.807) is 18.6 Å². The number of ether oxygens (including phenoxy) is 2. The molecule has 0 spiro atoms. The van der Waals surface area contributed by atoms with Crippen molar-refractivity contribution in [1.29, 1.82) is 0 Å². The number of rotatable bonds is 3. The molecule has 1 fully saturated rings. The minimum atomic E-state index is 0.250. The van der Waals surface area contributed by atoms with Gasteiger partial charge in [-0.15, -0.1) is 0 Å². The van der Waals surface area contributed by atoms with Crippen molar-refractivity contribution >= 4 is 11.0 Å². The van der Waals surface area contributed by atoms with E-state index in [9.17, 15) is 0 Å². The fraction of sp³-hybridized carbons (Fsp3) is 0.278. The molecule has 0 radical (unpaired) electrons. The van der Waals surface area contributed by atoms with Crippen LogP contribution in [-0.2, 0) is 4.74 Å². The maximum Gasteiger partial charge on any atom is 0.119 e. The van der Waals surface area contributed by atoms with Crippen LogP contribution in [0.3, 0.4) is 0 Å². The van der Waals surface area contributed by atoms with E-state index in [-0.39, 0.29) is 6.10 Å². The van der Waals surface area contributed by atoms with Gasteiger partial charge in [0.15, 0.2) is 0 Å². The van der Waals surface area contributed by atoms with Crippen molar-refractivity contribution in [2.45, 2.75) is 18.9 Å². The van der Waals surface area contributed by atoms with Crippen molar-refractivity contribution in [3.63, 3.8) is 0 Å². The monoisotopic (exact) mass is 307 g/mol. The van der Waals surface area contributed by atoms with Gasteiger partial charge in [0.25, 0.3) is 0 Å². The Morgan fingerprint density at radius 1 is 0.957 bits per heavy atom. The zero-order valence-corrected chi connectivity index (χ0v) is 12.7. The van der Waals surface area contributed by atoms with Gasteiger partial charge in [0.05, 0.1) is 24.9 Å². The lowest BCUT2D eigenvalue weighted by Crippen LogP contribution is -2.25. The van der Waals surface area contributed by atoms with Crippen LogP contribution in [-0.4, -0.2) is 34.3 Å². The van der Waals surface area contributed by atoms with Gasteiger partial charge in [-0.2, -0.15) is 0 Å². The van der Waals surface area contributed by atoms with Gasteiger partial charge < -0.3 is 9.47 Å². The third-order valence-corrected chi connectivity index (χ3v) is 4.02. The van der Waals surface area contributed by atoms with E-state index in [2.05, 4.69) is 15.0 Å². The topological polar surface area (TPSA) is 57.1 Å². The zero-order valence-electron chi connectivity index (χ0n) is 12.7. The lowest BCUT2D eigenvalue weighted by atomic mass is 10.1. The van der Waals surface area contributed by atoms with Crippen LogP contribution in [0.25, 0.3) is 22.2 Å². The molecule has 1 saturated heterocycles. The van der Waals surface area contributed by atoms with E-state index in [1.807, 2.05) is 30.5 Å². The molecule has 0 bridgehead atoms. The Morgan fingerprint density at radius 3 is 2.57 bits per heavy atom. The Balaban J connectivity index is 1.59. The second-order valence-corrected chi connectivity index (χ2v) is 5.57. The van der Waals surface area contributed by atoms with Crippen LogP contribution in [0.1, 0.15) is 12.8 Å². The Kier molecular flexibility index (Phi) is 3.86. The molecule has 1 aliphatic heterocycles. The molecule has 0 aliphatic carbocycles. The van der Waals surface area contributed by atoms with E-state index in [0.29, 0.717) is 0 Å². The highest BCUT2D eigenvalue weighted by molar-refractivity contribution is 5.90. The molecule has 1 aromatic carbocycles. The van der Waals surface area contributed by atoms with Gasteiger partial charge in [0.1, 0.15) is 17.4 Å². The summed E-state index contributed by atoms with van der Waals surface area (Å²) in [5.74, 6) is 0.889. The number of benzene rings is 1. The molecule has 5 heteroatoms. The van der Waals surface area contributed by atoms with Gasteiger partial charge in [-0.25, -0.2) is 0 Å². The summed E-state index contributed by atoms with van der Waals surface area (Å²) in [6, 6.07) is 8.08. The predicted octanol–water partition coefficient (Wildman–Crippen LogP) is 3.25. The number of nitrogens with zero attached hydrogens (tertiary/aromatic N) is 3. The van der Waals surface area contributed by atoms with Crippen molar-refractivity contribution in [3.8, 4) is 16.9 Å². The second kappa shape index (κ2) is 6.30. The summed E-state index contributed by atoms with van der Waals surface area (Å²) in [5.41, 5.74) is 3.70. The van der Waals surface area contributed by atoms with E-state index in [4.69, 9.17) is 9.47 Å². The van der Waals surface area contributed by atoms with Crippen molar-refractivity contribution in [3.05, 3.63) is 49.1 Å². The lowest BCUT2D eigenvalue weighted by Gasteiger charge is -2.23. The highest BCUT2D eigenvalue weighted by Gasteiger charge is 2.15. The van der Waals surface area contributed by atoms with Crippen LogP contribution >= 0.6 is 0 Å². The summed E-state index contributed by atoms with van der Waals surface area (Å²) < 4.78 is 11.4. The first kappa shape index (κ1) is 14.1. The average Bonchev–Trinajstić information content (AvgIpc) is 2.63. The molecule has 3 aromatic rings. The van der Waals surface area contributed by atoms with Crippen molar-refractivity contribution < 1.29 is 9.47 Å². The summed E-state index contributed by atoms with van der Waals surface area (Å²) in [6.45, 7) is 1.56. The summed E-state index contributed by atoms with van der Waals surface area (Å²) in [5, 5.41) is 0. The van der Waals surface area contributed by atoms with Crippen LogP contribution in [0.15, 0.2) is 49.1 Å². The maximum atomic E-state index is 6.01. The fourth-order valence-electron chi connectivity index (χ4n) is 2.80.